The maximum Gasteiger partial charge on any atom is 0.110 e. The molecule has 1 heterocycles. The van der Waals surface area contributed by atoms with Crippen LogP contribution in [-0.4, -0.2) is 21.3 Å². The van der Waals surface area contributed by atoms with Crippen LogP contribution in [0, 0.1) is 35.5 Å². The Morgan fingerprint density at radius 3 is 2.23 bits per heavy atom. The van der Waals surface area contributed by atoms with Crippen molar-refractivity contribution in [2.45, 2.75) is 77.1 Å². The SMILES string of the molecule is C[Si](C)(C)[SiH]1C[C@@H]2CC[C@@H]3[C@H](CC[C@@H]4CCC[C@H]43)[C@H]2CC1=O. The molecule has 4 aliphatic rings. The highest BCUT2D eigenvalue weighted by Gasteiger charge is 2.52. The van der Waals surface area contributed by atoms with Crippen LogP contribution in [0.15, 0.2) is 0 Å². The van der Waals surface area contributed by atoms with Gasteiger partial charge in [0.15, 0.2) is 0 Å². The maximum absolute atomic E-state index is 12.9. The molecule has 3 heteroatoms. The summed E-state index contributed by atoms with van der Waals surface area (Å²) >= 11 is 0. The molecule has 0 N–H and O–H groups in total. The molecule has 7 atom stereocenters. The van der Waals surface area contributed by atoms with E-state index in [4.69, 9.17) is 0 Å². The summed E-state index contributed by atoms with van der Waals surface area (Å²) in [5, 5.41) is 0.801. The van der Waals surface area contributed by atoms with Gasteiger partial charge in [-0.1, -0.05) is 44.9 Å². The molecule has 0 amide bonds. The highest BCUT2D eigenvalue weighted by atomic mass is 29.2. The van der Waals surface area contributed by atoms with Gasteiger partial charge in [-0.25, -0.2) is 0 Å². The van der Waals surface area contributed by atoms with E-state index in [1.165, 1.54) is 51.0 Å². The molecule has 124 valence electrons. The summed E-state index contributed by atoms with van der Waals surface area (Å²) in [6.45, 7) is 7.41. The van der Waals surface area contributed by atoms with Crippen molar-refractivity contribution in [1.29, 1.82) is 0 Å². The average molecular weight is 335 g/mol. The Morgan fingerprint density at radius 2 is 1.50 bits per heavy atom. The van der Waals surface area contributed by atoms with E-state index in [-0.39, 0.29) is 0 Å². The lowest BCUT2D eigenvalue weighted by Gasteiger charge is -2.53. The maximum atomic E-state index is 12.9. The van der Waals surface area contributed by atoms with Crippen molar-refractivity contribution in [2.75, 3.05) is 0 Å². The molecule has 1 unspecified atom stereocenters. The second-order valence-corrected chi connectivity index (χ2v) is 24.3. The number of hydrogen-bond donors (Lipinski definition) is 0. The van der Waals surface area contributed by atoms with Gasteiger partial charge in [0.1, 0.15) is 13.7 Å². The molecular weight excluding hydrogens is 300 g/mol. The Bertz CT molecular complexity index is 455. The molecule has 0 aromatic carbocycles. The minimum atomic E-state index is -1.17. The van der Waals surface area contributed by atoms with E-state index < -0.39 is 15.9 Å². The zero-order valence-electron chi connectivity index (χ0n) is 14.8. The minimum Gasteiger partial charge on any atom is -0.306 e. The number of fused-ring (bicyclic) bond motifs is 5. The first-order chi connectivity index (χ1) is 10.4. The van der Waals surface area contributed by atoms with E-state index in [2.05, 4.69) is 19.6 Å². The summed E-state index contributed by atoms with van der Waals surface area (Å²) in [6.07, 6.45) is 11.5. The summed E-state index contributed by atoms with van der Waals surface area (Å²) in [6, 6.07) is 1.40. The highest BCUT2D eigenvalue weighted by Crippen LogP contribution is 2.57. The summed E-state index contributed by atoms with van der Waals surface area (Å²) in [5.41, 5.74) is 0. The molecule has 1 nitrogen and oxygen atoms in total. The Hall–Kier alpha value is 0.104. The van der Waals surface area contributed by atoms with Crippen molar-refractivity contribution >= 4 is 21.3 Å². The van der Waals surface area contributed by atoms with Gasteiger partial charge in [0.05, 0.1) is 0 Å². The third-order valence-electron chi connectivity index (χ3n) is 8.12. The summed E-state index contributed by atoms with van der Waals surface area (Å²) in [7, 11) is -2.25. The molecule has 3 saturated carbocycles. The average Bonchev–Trinajstić information content (AvgIpc) is 2.93. The van der Waals surface area contributed by atoms with Crippen molar-refractivity contribution in [3.8, 4) is 0 Å². The normalized spacial score (nSPS) is 48.5. The minimum absolute atomic E-state index is 0.801. The Labute approximate surface area is 139 Å². The van der Waals surface area contributed by atoms with E-state index in [0.717, 1.165) is 47.3 Å². The molecule has 0 bridgehead atoms. The molecule has 22 heavy (non-hydrogen) atoms. The zero-order chi connectivity index (χ0) is 15.5. The van der Waals surface area contributed by atoms with Gasteiger partial charge < -0.3 is 4.79 Å². The number of carbonyl (C=O) groups excluding carboxylic acids is 1. The molecular formula is C19H34OSi2. The van der Waals surface area contributed by atoms with E-state index in [1.54, 1.807) is 0 Å². The lowest BCUT2D eigenvalue weighted by molar-refractivity contribution is -0.116. The lowest BCUT2D eigenvalue weighted by Crippen LogP contribution is -2.56. The van der Waals surface area contributed by atoms with Crippen LogP contribution in [0.4, 0.5) is 0 Å². The third kappa shape index (κ3) is 2.51. The zero-order valence-corrected chi connectivity index (χ0v) is 17.0. The van der Waals surface area contributed by atoms with Crippen LogP contribution in [0.5, 0.6) is 0 Å². The predicted octanol–water partition coefficient (Wildman–Crippen LogP) is 4.61. The van der Waals surface area contributed by atoms with Gasteiger partial charge in [0.25, 0.3) is 0 Å². The monoisotopic (exact) mass is 334 g/mol. The molecule has 0 aromatic heterocycles. The van der Waals surface area contributed by atoms with E-state index in [9.17, 15) is 4.79 Å². The van der Waals surface area contributed by atoms with Gasteiger partial charge >= 0.3 is 0 Å². The number of hydrogen-bond acceptors (Lipinski definition) is 1. The van der Waals surface area contributed by atoms with Gasteiger partial charge in [-0.15, -0.1) is 0 Å². The molecule has 0 spiro atoms. The molecule has 1 saturated heterocycles. The van der Waals surface area contributed by atoms with Crippen LogP contribution in [0.3, 0.4) is 0 Å². The Balaban J connectivity index is 1.53. The van der Waals surface area contributed by atoms with Crippen LogP contribution in [0.2, 0.25) is 25.7 Å². The highest BCUT2D eigenvalue weighted by molar-refractivity contribution is 7.42. The van der Waals surface area contributed by atoms with Crippen LogP contribution in [0.25, 0.3) is 0 Å². The van der Waals surface area contributed by atoms with Gasteiger partial charge in [0.2, 0.25) is 0 Å². The fraction of sp³-hybridized carbons (Fsp3) is 0.947. The molecule has 4 rings (SSSR count). The first-order valence-electron chi connectivity index (χ1n) is 9.98. The molecule has 0 radical (unpaired) electrons. The number of rotatable bonds is 1. The van der Waals surface area contributed by atoms with Gasteiger partial charge in [-0.3, -0.25) is 0 Å². The van der Waals surface area contributed by atoms with E-state index >= 15 is 0 Å². The largest absolute Gasteiger partial charge is 0.306 e. The first-order valence-corrected chi connectivity index (χ1v) is 16.7. The van der Waals surface area contributed by atoms with Crippen LogP contribution in [0.1, 0.15) is 51.4 Å². The second-order valence-electron chi connectivity index (χ2n) is 10.1. The standard InChI is InChI=1S/C19H34OSi2/c1-22(2,3)21-12-14-8-10-16-15-6-4-5-13(15)7-9-17(16)18(14)11-19(21)20/h13-18,21H,4-12H2,1-3H3/t13-,14-,15+,16-,17-,18-,21?/m0/s1. The molecule has 0 aromatic rings. The first kappa shape index (κ1) is 15.6. The van der Waals surface area contributed by atoms with Crippen molar-refractivity contribution in [3.63, 3.8) is 0 Å². The number of carbonyl (C=O) groups is 1. The van der Waals surface area contributed by atoms with Crippen molar-refractivity contribution in [1.82, 2.24) is 0 Å². The lowest BCUT2D eigenvalue weighted by atomic mass is 9.56. The van der Waals surface area contributed by atoms with Gasteiger partial charge in [-0.2, -0.15) is 0 Å². The van der Waals surface area contributed by atoms with Crippen molar-refractivity contribution in [2.24, 2.45) is 35.5 Å². The fourth-order valence-electron chi connectivity index (χ4n) is 7.11. The Morgan fingerprint density at radius 1 is 0.818 bits per heavy atom. The summed E-state index contributed by atoms with van der Waals surface area (Å²) in [5.74, 6) is 5.86. The smallest absolute Gasteiger partial charge is 0.110 e. The molecule has 3 aliphatic carbocycles. The molecule has 1 aliphatic heterocycles. The summed E-state index contributed by atoms with van der Waals surface area (Å²) in [4.78, 5) is 12.9. The quantitative estimate of drug-likeness (QED) is 0.640. The molecule has 4 fully saturated rings. The topological polar surface area (TPSA) is 17.1 Å². The van der Waals surface area contributed by atoms with E-state index in [0.29, 0.717) is 0 Å². The van der Waals surface area contributed by atoms with Crippen LogP contribution >= 0.6 is 0 Å². The van der Waals surface area contributed by atoms with Crippen LogP contribution in [-0.2, 0) is 4.79 Å². The second kappa shape index (κ2) is 5.58. The third-order valence-corrected chi connectivity index (χ3v) is 20.3. The Kier molecular flexibility index (Phi) is 3.96. The van der Waals surface area contributed by atoms with Crippen LogP contribution < -0.4 is 0 Å². The predicted molar refractivity (Wildman–Crippen MR) is 98.2 cm³/mol. The van der Waals surface area contributed by atoms with Gasteiger partial charge in [0, 0.05) is 14.0 Å². The van der Waals surface area contributed by atoms with Gasteiger partial charge in [-0.05, 0) is 61.2 Å². The van der Waals surface area contributed by atoms with E-state index in [1.807, 2.05) is 0 Å². The van der Waals surface area contributed by atoms with Crippen molar-refractivity contribution in [3.05, 3.63) is 0 Å². The summed E-state index contributed by atoms with van der Waals surface area (Å²) < 4.78 is 0. The fourth-order valence-corrected chi connectivity index (χ4v) is 17.1. The van der Waals surface area contributed by atoms with Crippen molar-refractivity contribution < 1.29 is 4.79 Å².